The second kappa shape index (κ2) is 9.94. The molecule has 0 saturated heterocycles. The molecule has 0 unspecified atom stereocenters. The third-order valence-corrected chi connectivity index (χ3v) is 4.79. The summed E-state index contributed by atoms with van der Waals surface area (Å²) in [5.41, 5.74) is 3.87. The van der Waals surface area contributed by atoms with Gasteiger partial charge in [-0.2, -0.15) is 18.3 Å². The van der Waals surface area contributed by atoms with E-state index < -0.39 is 11.7 Å². The Labute approximate surface area is 187 Å². The highest BCUT2D eigenvalue weighted by atomic mass is 35.5. The molecule has 0 fully saturated rings. The van der Waals surface area contributed by atoms with Crippen LogP contribution in [0, 0.1) is 0 Å². The zero-order valence-electron chi connectivity index (χ0n) is 16.2. The summed E-state index contributed by atoms with van der Waals surface area (Å²) in [6.45, 7) is 0.231. The van der Waals surface area contributed by atoms with Crippen molar-refractivity contribution in [3.05, 3.63) is 87.4 Å². The number of halogens is 5. The van der Waals surface area contributed by atoms with Gasteiger partial charge in [0.25, 0.3) is 0 Å². The standard InChI is InChI=1S/C22H17Cl2F3N2O2/c1-30-21-10-14(12-28-29-18-7-4-16(5-8-18)22(25,26)27)2-9-20(21)31-13-15-3-6-17(23)11-19(15)24/h2-12,29H,13H2,1H3. The molecular weight excluding hydrogens is 452 g/mol. The second-order valence-electron chi connectivity index (χ2n) is 6.38. The summed E-state index contributed by atoms with van der Waals surface area (Å²) < 4.78 is 49.0. The van der Waals surface area contributed by atoms with E-state index in [0.717, 1.165) is 17.7 Å². The van der Waals surface area contributed by atoms with Crippen molar-refractivity contribution in [2.45, 2.75) is 12.8 Å². The second-order valence-corrected chi connectivity index (χ2v) is 7.22. The summed E-state index contributed by atoms with van der Waals surface area (Å²) in [5.74, 6) is 1.00. The van der Waals surface area contributed by atoms with Crippen LogP contribution in [0.5, 0.6) is 11.5 Å². The molecule has 162 valence electrons. The Bertz CT molecular complexity index is 1070. The lowest BCUT2D eigenvalue weighted by molar-refractivity contribution is -0.137. The fraction of sp³-hybridized carbons (Fsp3) is 0.136. The molecule has 0 aliphatic carbocycles. The lowest BCUT2D eigenvalue weighted by Crippen LogP contribution is -2.04. The van der Waals surface area contributed by atoms with E-state index in [1.165, 1.54) is 25.5 Å². The number of ether oxygens (including phenoxy) is 2. The Morgan fingerprint density at radius 1 is 0.968 bits per heavy atom. The summed E-state index contributed by atoms with van der Waals surface area (Å²) >= 11 is 12.1. The molecule has 4 nitrogen and oxygen atoms in total. The number of rotatable bonds is 7. The first-order chi connectivity index (χ1) is 14.8. The number of hydrazone groups is 1. The van der Waals surface area contributed by atoms with Gasteiger partial charge in [-0.15, -0.1) is 0 Å². The normalized spacial score (nSPS) is 11.5. The van der Waals surface area contributed by atoms with E-state index >= 15 is 0 Å². The lowest BCUT2D eigenvalue weighted by atomic mass is 10.2. The zero-order valence-corrected chi connectivity index (χ0v) is 17.7. The average Bonchev–Trinajstić information content (AvgIpc) is 2.73. The van der Waals surface area contributed by atoms with E-state index in [1.54, 1.807) is 36.4 Å². The van der Waals surface area contributed by atoms with Crippen molar-refractivity contribution in [3.8, 4) is 11.5 Å². The Balaban J connectivity index is 1.63. The molecule has 3 rings (SSSR count). The molecular formula is C22H17Cl2F3N2O2. The molecule has 1 N–H and O–H groups in total. The largest absolute Gasteiger partial charge is 0.493 e. The first-order valence-corrected chi connectivity index (χ1v) is 9.73. The van der Waals surface area contributed by atoms with Gasteiger partial charge in [0.1, 0.15) is 6.61 Å². The van der Waals surface area contributed by atoms with Gasteiger partial charge in [0, 0.05) is 15.6 Å². The third-order valence-electron chi connectivity index (χ3n) is 4.21. The Kier molecular flexibility index (Phi) is 7.30. The van der Waals surface area contributed by atoms with Crippen molar-refractivity contribution in [1.82, 2.24) is 0 Å². The first kappa shape index (κ1) is 22.8. The van der Waals surface area contributed by atoms with Crippen LogP contribution in [-0.4, -0.2) is 13.3 Å². The van der Waals surface area contributed by atoms with E-state index in [9.17, 15) is 13.2 Å². The van der Waals surface area contributed by atoms with Gasteiger partial charge in [-0.25, -0.2) is 0 Å². The number of anilines is 1. The maximum atomic E-state index is 12.6. The van der Waals surface area contributed by atoms with E-state index in [0.29, 0.717) is 32.8 Å². The molecule has 0 amide bonds. The van der Waals surface area contributed by atoms with Crippen LogP contribution in [0.1, 0.15) is 16.7 Å². The molecule has 3 aromatic carbocycles. The Morgan fingerprint density at radius 3 is 2.35 bits per heavy atom. The summed E-state index contributed by atoms with van der Waals surface area (Å²) in [6, 6.07) is 14.9. The molecule has 0 aliphatic heterocycles. The van der Waals surface area contributed by atoms with E-state index in [1.807, 2.05) is 0 Å². The molecule has 0 saturated carbocycles. The zero-order chi connectivity index (χ0) is 22.4. The summed E-state index contributed by atoms with van der Waals surface area (Å²) in [6.07, 6.45) is -2.86. The van der Waals surface area contributed by atoms with Gasteiger partial charge in [0.2, 0.25) is 0 Å². The monoisotopic (exact) mass is 468 g/mol. The average molecular weight is 469 g/mol. The van der Waals surface area contributed by atoms with Crippen LogP contribution in [0.15, 0.2) is 65.8 Å². The Morgan fingerprint density at radius 2 is 1.71 bits per heavy atom. The van der Waals surface area contributed by atoms with Crippen LogP contribution >= 0.6 is 23.2 Å². The molecule has 3 aromatic rings. The van der Waals surface area contributed by atoms with Gasteiger partial charge >= 0.3 is 6.18 Å². The van der Waals surface area contributed by atoms with Crippen LogP contribution in [0.3, 0.4) is 0 Å². The number of benzene rings is 3. The molecule has 31 heavy (non-hydrogen) atoms. The van der Waals surface area contributed by atoms with Gasteiger partial charge < -0.3 is 9.47 Å². The number of hydrogen-bond donors (Lipinski definition) is 1. The molecule has 0 aliphatic rings. The van der Waals surface area contributed by atoms with Crippen molar-refractivity contribution in [1.29, 1.82) is 0 Å². The Hall–Kier alpha value is -2.90. The van der Waals surface area contributed by atoms with E-state index in [4.69, 9.17) is 32.7 Å². The van der Waals surface area contributed by atoms with Gasteiger partial charge in [-0.1, -0.05) is 29.3 Å². The third kappa shape index (κ3) is 6.29. The van der Waals surface area contributed by atoms with Gasteiger partial charge in [-0.3, -0.25) is 5.43 Å². The molecule has 0 radical (unpaired) electrons. The van der Waals surface area contributed by atoms with Gasteiger partial charge in [0.15, 0.2) is 11.5 Å². The highest BCUT2D eigenvalue weighted by Crippen LogP contribution is 2.31. The van der Waals surface area contributed by atoms with Crippen molar-refractivity contribution in [2.75, 3.05) is 12.5 Å². The van der Waals surface area contributed by atoms with Gasteiger partial charge in [0.05, 0.1) is 24.6 Å². The number of alkyl halides is 3. The van der Waals surface area contributed by atoms with Crippen molar-refractivity contribution < 1.29 is 22.6 Å². The van der Waals surface area contributed by atoms with Crippen molar-refractivity contribution in [2.24, 2.45) is 5.10 Å². The summed E-state index contributed by atoms with van der Waals surface area (Å²) in [4.78, 5) is 0. The molecule has 0 atom stereocenters. The number of hydrogen-bond acceptors (Lipinski definition) is 4. The topological polar surface area (TPSA) is 42.8 Å². The predicted octanol–water partition coefficient (Wildman–Crippen LogP) is 7.05. The minimum atomic E-state index is -4.37. The van der Waals surface area contributed by atoms with Crippen LogP contribution < -0.4 is 14.9 Å². The molecule has 0 bridgehead atoms. The minimum Gasteiger partial charge on any atom is -0.493 e. The van der Waals surface area contributed by atoms with Crippen molar-refractivity contribution in [3.63, 3.8) is 0 Å². The highest BCUT2D eigenvalue weighted by molar-refractivity contribution is 6.35. The SMILES string of the molecule is COc1cc(C=NNc2ccc(C(F)(F)F)cc2)ccc1OCc1ccc(Cl)cc1Cl. The molecule has 9 heteroatoms. The number of nitrogens with one attached hydrogen (secondary N) is 1. The predicted molar refractivity (Wildman–Crippen MR) is 116 cm³/mol. The van der Waals surface area contributed by atoms with E-state index in [-0.39, 0.29) is 6.61 Å². The maximum absolute atomic E-state index is 12.6. The molecule has 0 heterocycles. The fourth-order valence-corrected chi connectivity index (χ4v) is 3.06. The van der Waals surface area contributed by atoms with Crippen LogP contribution in [0.4, 0.5) is 18.9 Å². The highest BCUT2D eigenvalue weighted by Gasteiger charge is 2.29. The smallest absolute Gasteiger partial charge is 0.416 e. The first-order valence-electron chi connectivity index (χ1n) is 8.97. The van der Waals surface area contributed by atoms with Crippen LogP contribution in [0.25, 0.3) is 0 Å². The lowest BCUT2D eigenvalue weighted by Gasteiger charge is -2.12. The van der Waals surface area contributed by atoms with Crippen LogP contribution in [-0.2, 0) is 12.8 Å². The summed E-state index contributed by atoms with van der Waals surface area (Å²) in [5, 5.41) is 5.09. The van der Waals surface area contributed by atoms with E-state index in [2.05, 4.69) is 10.5 Å². The fourth-order valence-electron chi connectivity index (χ4n) is 2.59. The van der Waals surface area contributed by atoms with Gasteiger partial charge in [-0.05, 0) is 60.2 Å². The summed E-state index contributed by atoms with van der Waals surface area (Å²) in [7, 11) is 1.51. The quantitative estimate of drug-likeness (QED) is 0.298. The molecule has 0 aromatic heterocycles. The van der Waals surface area contributed by atoms with Crippen molar-refractivity contribution >= 4 is 35.1 Å². The number of methoxy groups -OCH3 is 1. The molecule has 0 spiro atoms. The number of nitrogens with zero attached hydrogens (tertiary/aromatic N) is 1. The maximum Gasteiger partial charge on any atom is 0.416 e. The van der Waals surface area contributed by atoms with Crippen LogP contribution in [0.2, 0.25) is 10.0 Å². The minimum absolute atomic E-state index is 0.231.